The summed E-state index contributed by atoms with van der Waals surface area (Å²) >= 11 is 6.29. The molecule has 35 heavy (non-hydrogen) atoms. The minimum atomic E-state index is -0.290. The number of likely N-dealkylation sites (N-methyl/N-ethyl adjacent to an activating group) is 1. The predicted octanol–water partition coefficient (Wildman–Crippen LogP) is 4.67. The smallest absolute Gasteiger partial charge is 0.229 e. The summed E-state index contributed by atoms with van der Waals surface area (Å²) in [5, 5.41) is 6.62. The standard InChI is InChI=1S/C26H28ClFN6O/c1-3-21(35)14-18-5-4-6-19(13-18)16-29-25-22(27)17-30-26(32-25)31-20-7-8-24(23(28)15-20)34-11-9-33(2)10-12-34/h3-8,13,15,17H,1,9-12,14,16H2,2H3,(H2,29,30,31,32). The first-order valence-electron chi connectivity index (χ1n) is 11.4. The van der Waals surface area contributed by atoms with E-state index in [4.69, 9.17) is 11.6 Å². The summed E-state index contributed by atoms with van der Waals surface area (Å²) < 4.78 is 14.8. The number of carbonyl (C=O) groups is 1. The maximum atomic E-state index is 14.8. The first-order chi connectivity index (χ1) is 16.9. The number of carbonyl (C=O) groups excluding carboxylic acids is 1. The second-order valence-corrected chi connectivity index (χ2v) is 8.90. The fraction of sp³-hybridized carbons (Fsp3) is 0.269. The molecule has 0 bridgehead atoms. The number of hydrogen-bond acceptors (Lipinski definition) is 7. The number of rotatable bonds is 9. The van der Waals surface area contributed by atoms with E-state index in [0.29, 0.717) is 41.1 Å². The van der Waals surface area contributed by atoms with Gasteiger partial charge in [0, 0.05) is 44.8 Å². The van der Waals surface area contributed by atoms with Gasteiger partial charge in [0.05, 0.1) is 11.9 Å². The average molecular weight is 495 g/mol. The number of halogens is 2. The molecule has 0 amide bonds. The van der Waals surface area contributed by atoms with E-state index in [-0.39, 0.29) is 11.6 Å². The number of allylic oxidation sites excluding steroid dienone is 1. The molecule has 0 unspecified atom stereocenters. The monoisotopic (exact) mass is 494 g/mol. The van der Waals surface area contributed by atoms with E-state index >= 15 is 0 Å². The largest absolute Gasteiger partial charge is 0.367 e. The van der Waals surface area contributed by atoms with E-state index in [1.807, 2.05) is 30.3 Å². The maximum Gasteiger partial charge on any atom is 0.229 e. The number of hydrogen-bond donors (Lipinski definition) is 2. The van der Waals surface area contributed by atoms with Gasteiger partial charge in [-0.15, -0.1) is 0 Å². The van der Waals surface area contributed by atoms with Crippen molar-refractivity contribution in [2.75, 3.05) is 48.8 Å². The minimum absolute atomic E-state index is 0.0299. The van der Waals surface area contributed by atoms with Gasteiger partial charge < -0.3 is 20.4 Å². The number of benzene rings is 2. The normalized spacial score (nSPS) is 14.0. The summed E-state index contributed by atoms with van der Waals surface area (Å²) in [6.45, 7) is 7.38. The Hall–Kier alpha value is -3.49. The van der Waals surface area contributed by atoms with Crippen LogP contribution >= 0.6 is 11.6 Å². The molecule has 4 rings (SSSR count). The molecule has 0 saturated carbocycles. The van der Waals surface area contributed by atoms with Gasteiger partial charge in [-0.3, -0.25) is 4.79 Å². The Bertz CT molecular complexity index is 1210. The molecule has 0 atom stereocenters. The van der Waals surface area contributed by atoms with Crippen LogP contribution in [0.3, 0.4) is 0 Å². The van der Waals surface area contributed by atoms with Gasteiger partial charge in [0.2, 0.25) is 5.95 Å². The van der Waals surface area contributed by atoms with Gasteiger partial charge in [-0.25, -0.2) is 9.37 Å². The molecule has 182 valence electrons. The van der Waals surface area contributed by atoms with Crippen LogP contribution in [0.15, 0.2) is 61.3 Å². The number of aromatic nitrogens is 2. The number of nitrogens with zero attached hydrogens (tertiary/aromatic N) is 4. The number of anilines is 4. The van der Waals surface area contributed by atoms with Gasteiger partial charge >= 0.3 is 0 Å². The second-order valence-electron chi connectivity index (χ2n) is 8.49. The van der Waals surface area contributed by atoms with E-state index in [0.717, 1.165) is 37.3 Å². The molecule has 1 saturated heterocycles. The third kappa shape index (κ3) is 6.55. The van der Waals surface area contributed by atoms with Crippen LogP contribution in [-0.4, -0.2) is 53.9 Å². The van der Waals surface area contributed by atoms with Crippen molar-refractivity contribution in [3.63, 3.8) is 0 Å². The summed E-state index contributed by atoms with van der Waals surface area (Å²) in [6, 6.07) is 12.8. The van der Waals surface area contributed by atoms with Crippen LogP contribution in [0, 0.1) is 5.82 Å². The summed E-state index contributed by atoms with van der Waals surface area (Å²) in [5.41, 5.74) is 3.03. The highest BCUT2D eigenvalue weighted by Crippen LogP contribution is 2.26. The molecule has 1 aliphatic heterocycles. The summed E-state index contributed by atoms with van der Waals surface area (Å²) in [7, 11) is 2.07. The SMILES string of the molecule is C=CC(=O)Cc1cccc(CNc2nc(Nc3ccc(N4CCN(C)CC4)c(F)c3)ncc2Cl)c1. The molecule has 2 aromatic carbocycles. The lowest BCUT2D eigenvalue weighted by molar-refractivity contribution is -0.114. The Morgan fingerprint density at radius 1 is 1.17 bits per heavy atom. The van der Waals surface area contributed by atoms with Crippen molar-refractivity contribution in [2.24, 2.45) is 0 Å². The molecule has 0 aliphatic carbocycles. The lowest BCUT2D eigenvalue weighted by Gasteiger charge is -2.34. The van der Waals surface area contributed by atoms with Crippen molar-refractivity contribution < 1.29 is 9.18 Å². The van der Waals surface area contributed by atoms with Gasteiger partial charge in [-0.05, 0) is 42.4 Å². The molecule has 3 aromatic rings. The van der Waals surface area contributed by atoms with Crippen molar-refractivity contribution >= 4 is 40.5 Å². The molecule has 0 spiro atoms. The highest BCUT2D eigenvalue weighted by molar-refractivity contribution is 6.32. The van der Waals surface area contributed by atoms with E-state index in [1.165, 1.54) is 18.3 Å². The van der Waals surface area contributed by atoms with Crippen molar-refractivity contribution in [1.82, 2.24) is 14.9 Å². The van der Waals surface area contributed by atoms with Gasteiger partial charge in [0.25, 0.3) is 0 Å². The van der Waals surface area contributed by atoms with E-state index in [1.54, 1.807) is 6.07 Å². The Morgan fingerprint density at radius 2 is 1.94 bits per heavy atom. The average Bonchev–Trinajstić information content (AvgIpc) is 2.85. The molecule has 1 aliphatic rings. The zero-order valence-electron chi connectivity index (χ0n) is 19.6. The quantitative estimate of drug-likeness (QED) is 0.418. The number of ketones is 1. The maximum absolute atomic E-state index is 14.8. The lowest BCUT2D eigenvalue weighted by atomic mass is 10.1. The van der Waals surface area contributed by atoms with E-state index in [2.05, 4.69) is 44.0 Å². The molecule has 2 heterocycles. The Labute approximate surface area is 209 Å². The summed E-state index contributed by atoms with van der Waals surface area (Å²) in [6.07, 6.45) is 3.13. The zero-order valence-corrected chi connectivity index (χ0v) is 20.4. The van der Waals surface area contributed by atoms with Crippen LogP contribution in [0.5, 0.6) is 0 Å². The van der Waals surface area contributed by atoms with Gasteiger partial charge in [-0.1, -0.05) is 42.4 Å². The third-order valence-corrected chi connectivity index (χ3v) is 6.13. The molecule has 0 radical (unpaired) electrons. The van der Waals surface area contributed by atoms with Crippen molar-refractivity contribution in [2.45, 2.75) is 13.0 Å². The summed E-state index contributed by atoms with van der Waals surface area (Å²) in [5.74, 6) is 0.430. The second kappa shape index (κ2) is 11.3. The molecular weight excluding hydrogens is 467 g/mol. The topological polar surface area (TPSA) is 73.4 Å². The van der Waals surface area contributed by atoms with Crippen molar-refractivity contribution in [3.8, 4) is 0 Å². The first kappa shape index (κ1) is 24.6. The van der Waals surface area contributed by atoms with Gasteiger partial charge in [0.1, 0.15) is 10.8 Å². The van der Waals surface area contributed by atoms with E-state index in [9.17, 15) is 9.18 Å². The number of nitrogens with one attached hydrogen (secondary N) is 2. The van der Waals surface area contributed by atoms with Crippen LogP contribution in [0.1, 0.15) is 11.1 Å². The first-order valence-corrected chi connectivity index (χ1v) is 11.8. The molecule has 2 N–H and O–H groups in total. The van der Waals surface area contributed by atoms with Gasteiger partial charge in [0.15, 0.2) is 11.6 Å². The molecular formula is C26H28ClFN6O. The third-order valence-electron chi connectivity index (χ3n) is 5.85. The highest BCUT2D eigenvalue weighted by atomic mass is 35.5. The highest BCUT2D eigenvalue weighted by Gasteiger charge is 2.17. The zero-order chi connectivity index (χ0) is 24.8. The van der Waals surface area contributed by atoms with Gasteiger partial charge in [-0.2, -0.15) is 4.98 Å². The van der Waals surface area contributed by atoms with Crippen molar-refractivity contribution in [1.29, 1.82) is 0 Å². The van der Waals surface area contributed by atoms with Crippen LogP contribution in [0.25, 0.3) is 0 Å². The minimum Gasteiger partial charge on any atom is -0.367 e. The van der Waals surface area contributed by atoms with Crippen LogP contribution in [-0.2, 0) is 17.8 Å². The van der Waals surface area contributed by atoms with E-state index < -0.39 is 0 Å². The summed E-state index contributed by atoms with van der Waals surface area (Å²) in [4.78, 5) is 24.6. The molecule has 1 fully saturated rings. The Kier molecular flexibility index (Phi) is 7.94. The number of piperazine rings is 1. The Morgan fingerprint density at radius 3 is 2.69 bits per heavy atom. The molecule has 1 aromatic heterocycles. The lowest BCUT2D eigenvalue weighted by Crippen LogP contribution is -2.44. The fourth-order valence-corrected chi connectivity index (χ4v) is 4.04. The molecule has 9 heteroatoms. The predicted molar refractivity (Wildman–Crippen MR) is 139 cm³/mol. The Balaban J connectivity index is 1.41. The molecule has 7 nitrogen and oxygen atoms in total. The van der Waals surface area contributed by atoms with Crippen LogP contribution < -0.4 is 15.5 Å². The van der Waals surface area contributed by atoms with Crippen LogP contribution in [0.4, 0.5) is 27.5 Å². The van der Waals surface area contributed by atoms with Crippen LogP contribution in [0.2, 0.25) is 5.02 Å². The fourth-order valence-electron chi connectivity index (χ4n) is 3.88. The van der Waals surface area contributed by atoms with Crippen molar-refractivity contribution in [3.05, 3.63) is 83.3 Å².